The van der Waals surface area contributed by atoms with Crippen molar-refractivity contribution in [1.82, 2.24) is 9.78 Å². The SMILES string of the molecule is COC(=O)Cn1ncc(NC(C)C(=O)OC)c(Br)c1=O. The number of esters is 2. The van der Waals surface area contributed by atoms with E-state index in [0.717, 1.165) is 4.68 Å². The second kappa shape index (κ2) is 7.04. The molecule has 1 aromatic rings. The van der Waals surface area contributed by atoms with E-state index in [1.807, 2.05) is 0 Å². The lowest BCUT2D eigenvalue weighted by Gasteiger charge is -2.14. The lowest BCUT2D eigenvalue weighted by molar-refractivity contribution is -0.142. The first-order chi connectivity index (χ1) is 9.40. The Morgan fingerprint density at radius 3 is 2.65 bits per heavy atom. The molecule has 0 fully saturated rings. The van der Waals surface area contributed by atoms with Crippen molar-refractivity contribution in [2.24, 2.45) is 0 Å². The molecule has 0 bridgehead atoms. The fourth-order valence-corrected chi connectivity index (χ4v) is 1.76. The van der Waals surface area contributed by atoms with Crippen molar-refractivity contribution >= 4 is 33.6 Å². The fourth-order valence-electron chi connectivity index (χ4n) is 1.33. The first-order valence-electron chi connectivity index (χ1n) is 5.57. The molecule has 0 aliphatic heterocycles. The minimum Gasteiger partial charge on any atom is -0.468 e. The van der Waals surface area contributed by atoms with Crippen LogP contribution in [0.1, 0.15) is 6.92 Å². The Morgan fingerprint density at radius 2 is 2.10 bits per heavy atom. The summed E-state index contributed by atoms with van der Waals surface area (Å²) in [6.07, 6.45) is 1.33. The Hall–Kier alpha value is -1.90. The zero-order valence-corrected chi connectivity index (χ0v) is 12.8. The van der Waals surface area contributed by atoms with Gasteiger partial charge in [-0.15, -0.1) is 0 Å². The van der Waals surface area contributed by atoms with Gasteiger partial charge in [0.2, 0.25) is 0 Å². The number of hydrogen-bond donors (Lipinski definition) is 1. The van der Waals surface area contributed by atoms with Crippen LogP contribution in [0, 0.1) is 0 Å². The number of methoxy groups -OCH3 is 2. The maximum atomic E-state index is 12.0. The Balaban J connectivity index is 2.97. The van der Waals surface area contributed by atoms with Gasteiger partial charge in [0.1, 0.15) is 17.1 Å². The number of carbonyl (C=O) groups excluding carboxylic acids is 2. The van der Waals surface area contributed by atoms with E-state index in [9.17, 15) is 14.4 Å². The molecule has 0 saturated heterocycles. The summed E-state index contributed by atoms with van der Waals surface area (Å²) in [5.74, 6) is -1.06. The molecule has 0 amide bonds. The third-order valence-electron chi connectivity index (χ3n) is 2.42. The highest BCUT2D eigenvalue weighted by molar-refractivity contribution is 9.10. The van der Waals surface area contributed by atoms with Crippen molar-refractivity contribution in [1.29, 1.82) is 0 Å². The van der Waals surface area contributed by atoms with Gasteiger partial charge in [0.25, 0.3) is 5.56 Å². The van der Waals surface area contributed by atoms with Gasteiger partial charge in [0, 0.05) is 0 Å². The Morgan fingerprint density at radius 1 is 1.45 bits per heavy atom. The molecule has 0 saturated carbocycles. The van der Waals surface area contributed by atoms with E-state index in [2.05, 4.69) is 35.8 Å². The zero-order chi connectivity index (χ0) is 15.3. The molecule has 1 N–H and O–H groups in total. The predicted molar refractivity (Wildman–Crippen MR) is 73.3 cm³/mol. The lowest BCUT2D eigenvalue weighted by atomic mass is 10.3. The minimum atomic E-state index is -0.644. The second-order valence-corrected chi connectivity index (χ2v) is 4.59. The molecule has 1 atom stereocenters. The van der Waals surface area contributed by atoms with Crippen LogP contribution in [0.4, 0.5) is 5.69 Å². The molecule has 9 heteroatoms. The fraction of sp³-hybridized carbons (Fsp3) is 0.455. The molecule has 0 aromatic carbocycles. The van der Waals surface area contributed by atoms with Crippen LogP contribution >= 0.6 is 15.9 Å². The van der Waals surface area contributed by atoms with Crippen LogP contribution in [0.15, 0.2) is 15.5 Å². The third-order valence-corrected chi connectivity index (χ3v) is 3.18. The summed E-state index contributed by atoms with van der Waals surface area (Å²) in [5, 5.41) is 6.61. The third kappa shape index (κ3) is 3.80. The average molecular weight is 348 g/mol. The molecule has 20 heavy (non-hydrogen) atoms. The van der Waals surface area contributed by atoms with Gasteiger partial charge in [0.05, 0.1) is 26.1 Å². The van der Waals surface area contributed by atoms with Crippen LogP contribution < -0.4 is 10.9 Å². The summed E-state index contributed by atoms with van der Waals surface area (Å²) in [4.78, 5) is 34.4. The average Bonchev–Trinajstić information content (AvgIpc) is 2.45. The standard InChI is InChI=1S/C11H14BrN3O5/c1-6(11(18)20-3)14-7-4-13-15(5-8(16)19-2)10(17)9(7)12/h4,6,14H,5H2,1-3H3. The van der Waals surface area contributed by atoms with E-state index >= 15 is 0 Å². The number of nitrogens with one attached hydrogen (secondary N) is 1. The van der Waals surface area contributed by atoms with Crippen molar-refractivity contribution < 1.29 is 19.1 Å². The molecule has 0 radical (unpaired) electrons. The molecule has 1 unspecified atom stereocenters. The van der Waals surface area contributed by atoms with Gasteiger partial charge in [-0.1, -0.05) is 0 Å². The molecule has 0 spiro atoms. The molecule has 8 nitrogen and oxygen atoms in total. The topological polar surface area (TPSA) is 99.5 Å². The number of nitrogens with zero attached hydrogens (tertiary/aromatic N) is 2. The number of carbonyl (C=O) groups is 2. The molecular formula is C11H14BrN3O5. The van der Waals surface area contributed by atoms with E-state index in [1.165, 1.54) is 20.4 Å². The molecule has 110 valence electrons. The first kappa shape index (κ1) is 16.2. The summed E-state index contributed by atoms with van der Waals surface area (Å²) in [6.45, 7) is 1.29. The number of ether oxygens (including phenoxy) is 2. The summed E-state index contributed by atoms with van der Waals surface area (Å²) < 4.78 is 10.1. The van der Waals surface area contributed by atoms with E-state index in [1.54, 1.807) is 6.92 Å². The molecule has 1 rings (SSSR count). The van der Waals surface area contributed by atoms with Crippen LogP contribution in [0.5, 0.6) is 0 Å². The quantitative estimate of drug-likeness (QED) is 0.756. The van der Waals surface area contributed by atoms with Gasteiger partial charge in [-0.25, -0.2) is 9.48 Å². The van der Waals surface area contributed by atoms with Crippen molar-refractivity contribution in [2.75, 3.05) is 19.5 Å². The van der Waals surface area contributed by atoms with Crippen LogP contribution in [-0.4, -0.2) is 42.0 Å². The molecule has 1 aromatic heterocycles. The van der Waals surface area contributed by atoms with Gasteiger partial charge >= 0.3 is 11.9 Å². The highest BCUT2D eigenvalue weighted by atomic mass is 79.9. The van der Waals surface area contributed by atoms with Crippen molar-refractivity contribution in [3.63, 3.8) is 0 Å². The predicted octanol–water partition coefficient (Wildman–Crippen LogP) is 0.152. The summed E-state index contributed by atoms with van der Waals surface area (Å²) in [7, 11) is 2.48. The van der Waals surface area contributed by atoms with Gasteiger partial charge < -0.3 is 14.8 Å². The largest absolute Gasteiger partial charge is 0.468 e. The molecule has 0 aliphatic carbocycles. The van der Waals surface area contributed by atoms with E-state index < -0.39 is 23.5 Å². The van der Waals surface area contributed by atoms with Crippen LogP contribution in [0.3, 0.4) is 0 Å². The molecule has 0 aliphatic rings. The van der Waals surface area contributed by atoms with E-state index in [-0.39, 0.29) is 11.0 Å². The van der Waals surface area contributed by atoms with E-state index in [4.69, 9.17) is 0 Å². The maximum Gasteiger partial charge on any atom is 0.327 e. The van der Waals surface area contributed by atoms with Gasteiger partial charge in [0.15, 0.2) is 0 Å². The Labute approximate surface area is 123 Å². The van der Waals surface area contributed by atoms with Crippen LogP contribution in [-0.2, 0) is 25.6 Å². The van der Waals surface area contributed by atoms with Gasteiger partial charge in [-0.05, 0) is 22.9 Å². The monoisotopic (exact) mass is 347 g/mol. The number of anilines is 1. The van der Waals surface area contributed by atoms with Gasteiger partial charge in [-0.3, -0.25) is 9.59 Å². The van der Waals surface area contributed by atoms with Crippen molar-refractivity contribution in [3.05, 3.63) is 21.0 Å². The van der Waals surface area contributed by atoms with Crippen LogP contribution in [0.25, 0.3) is 0 Å². The van der Waals surface area contributed by atoms with Crippen molar-refractivity contribution in [2.45, 2.75) is 19.5 Å². The molecule has 1 heterocycles. The van der Waals surface area contributed by atoms with Crippen molar-refractivity contribution in [3.8, 4) is 0 Å². The van der Waals surface area contributed by atoms with E-state index in [0.29, 0.717) is 5.69 Å². The Kier molecular flexibility index (Phi) is 5.68. The normalized spacial score (nSPS) is 11.6. The molecular weight excluding hydrogens is 334 g/mol. The minimum absolute atomic E-state index is 0.159. The number of rotatable bonds is 5. The highest BCUT2D eigenvalue weighted by Gasteiger charge is 2.17. The summed E-state index contributed by atoms with van der Waals surface area (Å²) >= 11 is 3.10. The van der Waals surface area contributed by atoms with Gasteiger partial charge in [-0.2, -0.15) is 5.10 Å². The lowest BCUT2D eigenvalue weighted by Crippen LogP contribution is -2.31. The first-order valence-corrected chi connectivity index (χ1v) is 6.36. The number of aromatic nitrogens is 2. The van der Waals surface area contributed by atoms with Crippen LogP contribution in [0.2, 0.25) is 0 Å². The summed E-state index contributed by atoms with van der Waals surface area (Å²) in [6, 6.07) is -0.644. The number of hydrogen-bond acceptors (Lipinski definition) is 7. The summed E-state index contributed by atoms with van der Waals surface area (Å²) in [5.41, 5.74) is -0.188. The number of halogens is 1. The maximum absolute atomic E-state index is 12.0. The highest BCUT2D eigenvalue weighted by Crippen LogP contribution is 2.17. The second-order valence-electron chi connectivity index (χ2n) is 3.80. The Bertz CT molecular complexity index is 572. The smallest absolute Gasteiger partial charge is 0.327 e. The zero-order valence-electron chi connectivity index (χ0n) is 11.2.